The van der Waals surface area contributed by atoms with Crippen LogP contribution in [0.25, 0.3) is 0 Å². The average Bonchev–Trinajstić information content (AvgIpc) is 2.72. The minimum atomic E-state index is -4.37. The fourth-order valence-electron chi connectivity index (χ4n) is 3.96. The lowest BCUT2D eigenvalue weighted by molar-refractivity contribution is -0.138. The molecule has 0 saturated carbocycles. The first-order chi connectivity index (χ1) is 14.4. The molecule has 0 spiro atoms. The molecule has 0 unspecified atom stereocenters. The first kappa shape index (κ1) is 23.2. The third kappa shape index (κ3) is 6.04. The van der Waals surface area contributed by atoms with E-state index in [1.54, 1.807) is 15.9 Å². The van der Waals surface area contributed by atoms with Gasteiger partial charge in [-0.2, -0.15) is 13.2 Å². The van der Waals surface area contributed by atoms with Crippen LogP contribution in [0, 0.1) is 5.92 Å². The molecule has 0 bridgehead atoms. The Hall–Kier alpha value is -2.45. The number of anilines is 1. The first-order valence-electron chi connectivity index (χ1n) is 10.6. The summed E-state index contributed by atoms with van der Waals surface area (Å²) in [5.74, 6) is -0.0775. The Labute approximate surface area is 180 Å². The van der Waals surface area contributed by atoms with Gasteiger partial charge in [0.15, 0.2) is 0 Å². The molecule has 0 aromatic heterocycles. The number of benzene rings is 1. The summed E-state index contributed by atoms with van der Waals surface area (Å²) in [4.78, 5) is 30.4. The number of alkyl halides is 3. The second kappa shape index (κ2) is 8.96. The molecule has 0 radical (unpaired) electrons. The van der Waals surface area contributed by atoms with Crippen LogP contribution in [0.4, 0.5) is 23.7 Å². The second-order valence-electron chi connectivity index (χ2n) is 9.10. The van der Waals surface area contributed by atoms with Gasteiger partial charge in [-0.15, -0.1) is 0 Å². The Bertz CT molecular complexity index is 791. The number of piperidine rings is 1. The van der Waals surface area contributed by atoms with Gasteiger partial charge in [0, 0.05) is 50.9 Å². The molecule has 0 aliphatic carbocycles. The molecular formula is C22H30F3N3O3. The van der Waals surface area contributed by atoms with Gasteiger partial charge in [-0.05, 0) is 51.8 Å². The van der Waals surface area contributed by atoms with Crippen LogP contribution < -0.4 is 4.90 Å². The summed E-state index contributed by atoms with van der Waals surface area (Å²) in [5, 5.41) is 0. The number of likely N-dealkylation sites (tertiary alicyclic amines) is 1. The van der Waals surface area contributed by atoms with E-state index in [2.05, 4.69) is 0 Å². The van der Waals surface area contributed by atoms with Crippen molar-refractivity contribution in [1.29, 1.82) is 0 Å². The smallest absolute Gasteiger partial charge is 0.416 e. The third-order valence-electron chi connectivity index (χ3n) is 5.63. The molecule has 2 aliphatic rings. The summed E-state index contributed by atoms with van der Waals surface area (Å²) < 4.78 is 44.3. The monoisotopic (exact) mass is 441 g/mol. The van der Waals surface area contributed by atoms with Crippen molar-refractivity contribution in [2.45, 2.75) is 45.4 Å². The van der Waals surface area contributed by atoms with Crippen molar-refractivity contribution in [3.8, 4) is 0 Å². The van der Waals surface area contributed by atoms with Gasteiger partial charge in [0.1, 0.15) is 5.60 Å². The van der Waals surface area contributed by atoms with Crippen LogP contribution in [-0.2, 0) is 15.7 Å². The highest BCUT2D eigenvalue weighted by atomic mass is 19.4. The summed E-state index contributed by atoms with van der Waals surface area (Å²) in [7, 11) is 0. The van der Waals surface area contributed by atoms with Crippen LogP contribution in [0.5, 0.6) is 0 Å². The summed E-state index contributed by atoms with van der Waals surface area (Å²) in [5.41, 5.74) is -0.698. The molecule has 2 heterocycles. The molecule has 3 rings (SSSR count). The van der Waals surface area contributed by atoms with E-state index in [9.17, 15) is 22.8 Å². The second-order valence-corrected chi connectivity index (χ2v) is 9.10. The molecule has 0 atom stereocenters. The fraction of sp³-hybridized carbons (Fsp3) is 0.636. The number of hydrogen-bond acceptors (Lipinski definition) is 4. The van der Waals surface area contributed by atoms with Crippen LogP contribution in [0.2, 0.25) is 0 Å². The number of halogens is 3. The Morgan fingerprint density at radius 2 is 1.55 bits per heavy atom. The van der Waals surface area contributed by atoms with Crippen LogP contribution in [-0.4, -0.2) is 66.7 Å². The van der Waals surface area contributed by atoms with Crippen molar-refractivity contribution in [3.63, 3.8) is 0 Å². The summed E-state index contributed by atoms with van der Waals surface area (Å²) >= 11 is 0. The molecule has 2 saturated heterocycles. The lowest BCUT2D eigenvalue weighted by Gasteiger charge is -2.39. The van der Waals surface area contributed by atoms with Crippen LogP contribution in [0.15, 0.2) is 24.3 Å². The number of amides is 2. The molecule has 1 aromatic rings. The maximum atomic E-state index is 13.0. The van der Waals surface area contributed by atoms with Gasteiger partial charge in [-0.1, -0.05) is 6.07 Å². The minimum absolute atomic E-state index is 0.0625. The lowest BCUT2D eigenvalue weighted by atomic mass is 9.95. The standard InChI is InChI=1S/C22H30F3N3O3/c1-21(2,3)31-20(30)28-9-7-16(8-10-28)19(29)27-13-11-26(12-14-27)18-6-4-5-17(15-18)22(23,24)25/h4-6,15-16H,7-14H2,1-3H3. The molecule has 2 fully saturated rings. The first-order valence-corrected chi connectivity index (χ1v) is 10.6. The van der Waals surface area contributed by atoms with E-state index in [1.807, 2.05) is 25.7 Å². The highest BCUT2D eigenvalue weighted by Gasteiger charge is 2.34. The van der Waals surface area contributed by atoms with E-state index >= 15 is 0 Å². The van der Waals surface area contributed by atoms with E-state index in [4.69, 9.17) is 4.74 Å². The topological polar surface area (TPSA) is 53.1 Å². The third-order valence-corrected chi connectivity index (χ3v) is 5.63. The van der Waals surface area contributed by atoms with Crippen LogP contribution >= 0.6 is 0 Å². The maximum absolute atomic E-state index is 13.0. The molecule has 31 heavy (non-hydrogen) atoms. The minimum Gasteiger partial charge on any atom is -0.444 e. The zero-order valence-corrected chi connectivity index (χ0v) is 18.2. The molecule has 2 amide bonds. The Morgan fingerprint density at radius 3 is 2.10 bits per heavy atom. The van der Waals surface area contributed by atoms with Crippen molar-refractivity contribution >= 4 is 17.7 Å². The fourth-order valence-corrected chi connectivity index (χ4v) is 3.96. The van der Waals surface area contributed by atoms with E-state index in [0.29, 0.717) is 57.8 Å². The van der Waals surface area contributed by atoms with Crippen molar-refractivity contribution in [2.75, 3.05) is 44.2 Å². The lowest BCUT2D eigenvalue weighted by Crippen LogP contribution is -2.52. The normalized spacial score (nSPS) is 18.8. The number of ether oxygens (including phenoxy) is 1. The van der Waals surface area contributed by atoms with E-state index in [1.165, 1.54) is 6.07 Å². The van der Waals surface area contributed by atoms with E-state index in [-0.39, 0.29) is 17.9 Å². The highest BCUT2D eigenvalue weighted by molar-refractivity contribution is 5.79. The number of piperazine rings is 1. The predicted molar refractivity (Wildman–Crippen MR) is 111 cm³/mol. The summed E-state index contributed by atoms with van der Waals surface area (Å²) in [6, 6.07) is 5.30. The van der Waals surface area contributed by atoms with Gasteiger partial charge in [0.25, 0.3) is 0 Å². The molecule has 2 aliphatic heterocycles. The number of nitrogens with zero attached hydrogens (tertiary/aromatic N) is 3. The molecule has 9 heteroatoms. The van der Waals surface area contributed by atoms with Gasteiger partial charge in [0.05, 0.1) is 5.56 Å². The van der Waals surface area contributed by atoms with Crippen molar-refractivity contribution < 1.29 is 27.5 Å². The van der Waals surface area contributed by atoms with Crippen LogP contribution in [0.3, 0.4) is 0 Å². The van der Waals surface area contributed by atoms with E-state index < -0.39 is 17.3 Å². The van der Waals surface area contributed by atoms with Gasteiger partial charge < -0.3 is 19.4 Å². The largest absolute Gasteiger partial charge is 0.444 e. The van der Waals surface area contributed by atoms with Gasteiger partial charge in [0.2, 0.25) is 5.91 Å². The Kier molecular flexibility index (Phi) is 6.71. The van der Waals surface area contributed by atoms with E-state index in [0.717, 1.165) is 12.1 Å². The summed E-state index contributed by atoms with van der Waals surface area (Å²) in [6.07, 6.45) is -3.55. The van der Waals surface area contributed by atoms with Crippen molar-refractivity contribution in [2.24, 2.45) is 5.92 Å². The van der Waals surface area contributed by atoms with Crippen molar-refractivity contribution in [3.05, 3.63) is 29.8 Å². The zero-order chi connectivity index (χ0) is 22.8. The van der Waals surface area contributed by atoms with Gasteiger partial charge in [-0.25, -0.2) is 4.79 Å². The van der Waals surface area contributed by atoms with Crippen molar-refractivity contribution in [1.82, 2.24) is 9.80 Å². The number of hydrogen-bond donors (Lipinski definition) is 0. The molecule has 172 valence electrons. The maximum Gasteiger partial charge on any atom is 0.416 e. The molecule has 6 nitrogen and oxygen atoms in total. The molecule has 0 N–H and O–H groups in total. The summed E-state index contributed by atoms with van der Waals surface area (Å²) in [6.45, 7) is 8.35. The predicted octanol–water partition coefficient (Wildman–Crippen LogP) is 4.00. The SMILES string of the molecule is CC(C)(C)OC(=O)N1CCC(C(=O)N2CCN(c3cccc(C(F)(F)F)c3)CC2)CC1. The average molecular weight is 441 g/mol. The molecule has 1 aromatic carbocycles. The number of carbonyl (C=O) groups excluding carboxylic acids is 2. The highest BCUT2D eigenvalue weighted by Crippen LogP contribution is 2.32. The van der Waals surface area contributed by atoms with Crippen LogP contribution in [0.1, 0.15) is 39.2 Å². The molecular weight excluding hydrogens is 411 g/mol. The Balaban J connectivity index is 1.50. The quantitative estimate of drug-likeness (QED) is 0.696. The number of carbonyl (C=O) groups is 2. The zero-order valence-electron chi connectivity index (χ0n) is 18.2. The number of rotatable bonds is 2. The van der Waals surface area contributed by atoms with Gasteiger partial charge in [-0.3, -0.25) is 4.79 Å². The van der Waals surface area contributed by atoms with Gasteiger partial charge >= 0.3 is 12.3 Å². The Morgan fingerprint density at radius 1 is 0.935 bits per heavy atom.